The Kier molecular flexibility index (Phi) is 1.88. The van der Waals surface area contributed by atoms with Gasteiger partial charge in [-0.25, -0.2) is 0 Å². The Bertz CT molecular complexity index is 120. The van der Waals surface area contributed by atoms with Crippen LogP contribution in [-0.2, 0) is 4.74 Å². The summed E-state index contributed by atoms with van der Waals surface area (Å²) in [5.74, 6) is 0. The summed E-state index contributed by atoms with van der Waals surface area (Å²) >= 11 is 0. The van der Waals surface area contributed by atoms with E-state index in [1.807, 2.05) is 6.92 Å². The molecule has 1 saturated heterocycles. The van der Waals surface area contributed by atoms with Gasteiger partial charge in [-0.15, -0.1) is 0 Å². The molecule has 0 aromatic rings. The van der Waals surface area contributed by atoms with Crippen LogP contribution in [0.2, 0.25) is 0 Å². The standard InChI is InChI=1S/C7H12O2/c1-5-3-6(2)9-4-7(5)8/h6-8H,1,3-4H2,2H3. The minimum atomic E-state index is -0.429. The van der Waals surface area contributed by atoms with Crippen molar-refractivity contribution in [1.29, 1.82) is 0 Å². The zero-order valence-corrected chi connectivity index (χ0v) is 5.63. The van der Waals surface area contributed by atoms with Crippen molar-refractivity contribution >= 4 is 0 Å². The third kappa shape index (κ3) is 1.53. The van der Waals surface area contributed by atoms with Crippen molar-refractivity contribution in [3.8, 4) is 0 Å². The first-order chi connectivity index (χ1) is 4.20. The van der Waals surface area contributed by atoms with Crippen LogP contribution in [0.4, 0.5) is 0 Å². The molecule has 0 aromatic carbocycles. The molecule has 0 bridgehead atoms. The average Bonchev–Trinajstić information content (AvgIpc) is 1.80. The molecule has 1 N–H and O–H groups in total. The van der Waals surface area contributed by atoms with Crippen LogP contribution in [0.25, 0.3) is 0 Å². The molecule has 1 heterocycles. The number of aliphatic hydroxyl groups excluding tert-OH is 1. The Hall–Kier alpha value is -0.340. The molecule has 0 saturated carbocycles. The predicted octanol–water partition coefficient (Wildman–Crippen LogP) is 0.712. The van der Waals surface area contributed by atoms with Gasteiger partial charge in [-0.1, -0.05) is 6.58 Å². The van der Waals surface area contributed by atoms with Crippen molar-refractivity contribution in [2.75, 3.05) is 6.61 Å². The van der Waals surface area contributed by atoms with Gasteiger partial charge in [-0.2, -0.15) is 0 Å². The second kappa shape index (κ2) is 2.50. The van der Waals surface area contributed by atoms with Gasteiger partial charge in [-0.3, -0.25) is 0 Å². The zero-order chi connectivity index (χ0) is 6.85. The first-order valence-corrected chi connectivity index (χ1v) is 3.17. The van der Waals surface area contributed by atoms with E-state index in [1.54, 1.807) is 0 Å². The molecular formula is C7H12O2. The topological polar surface area (TPSA) is 29.5 Å². The normalized spacial score (nSPS) is 36.9. The van der Waals surface area contributed by atoms with Gasteiger partial charge >= 0.3 is 0 Å². The van der Waals surface area contributed by atoms with Crippen LogP contribution in [0.3, 0.4) is 0 Å². The molecule has 1 fully saturated rings. The highest BCUT2D eigenvalue weighted by molar-refractivity contribution is 5.05. The minimum Gasteiger partial charge on any atom is -0.386 e. The number of rotatable bonds is 0. The maximum atomic E-state index is 9.07. The summed E-state index contributed by atoms with van der Waals surface area (Å²) < 4.78 is 5.15. The lowest BCUT2D eigenvalue weighted by Gasteiger charge is -2.25. The van der Waals surface area contributed by atoms with Crippen LogP contribution in [0.1, 0.15) is 13.3 Å². The van der Waals surface area contributed by atoms with E-state index in [9.17, 15) is 0 Å². The van der Waals surface area contributed by atoms with E-state index in [1.165, 1.54) is 0 Å². The summed E-state index contributed by atoms with van der Waals surface area (Å²) in [6.07, 6.45) is 0.600. The predicted molar refractivity (Wildman–Crippen MR) is 35.2 cm³/mol. The van der Waals surface area contributed by atoms with E-state index in [2.05, 4.69) is 6.58 Å². The lowest BCUT2D eigenvalue weighted by molar-refractivity contribution is -0.0171. The SMILES string of the molecule is C=C1CC(C)OCC1O. The van der Waals surface area contributed by atoms with Crippen molar-refractivity contribution in [3.05, 3.63) is 12.2 Å². The highest BCUT2D eigenvalue weighted by Gasteiger charge is 2.18. The Morgan fingerprint density at radius 2 is 2.44 bits per heavy atom. The largest absolute Gasteiger partial charge is 0.386 e. The number of ether oxygens (including phenoxy) is 1. The van der Waals surface area contributed by atoms with E-state index < -0.39 is 6.10 Å². The van der Waals surface area contributed by atoms with E-state index in [-0.39, 0.29) is 6.10 Å². The molecule has 9 heavy (non-hydrogen) atoms. The van der Waals surface area contributed by atoms with Gasteiger partial charge in [0.1, 0.15) is 0 Å². The fourth-order valence-corrected chi connectivity index (χ4v) is 0.937. The zero-order valence-electron chi connectivity index (χ0n) is 5.63. The molecule has 1 aliphatic heterocycles. The maximum Gasteiger partial charge on any atom is 0.0982 e. The van der Waals surface area contributed by atoms with Gasteiger partial charge in [-0.05, 0) is 18.9 Å². The molecule has 2 nitrogen and oxygen atoms in total. The molecule has 1 aliphatic rings. The maximum absolute atomic E-state index is 9.07. The van der Waals surface area contributed by atoms with Gasteiger partial charge in [0.05, 0.1) is 18.8 Å². The third-order valence-electron chi connectivity index (χ3n) is 1.56. The molecule has 52 valence electrons. The van der Waals surface area contributed by atoms with Crippen LogP contribution < -0.4 is 0 Å². The minimum absolute atomic E-state index is 0.237. The smallest absolute Gasteiger partial charge is 0.0982 e. The van der Waals surface area contributed by atoms with Gasteiger partial charge in [0.15, 0.2) is 0 Å². The van der Waals surface area contributed by atoms with Gasteiger partial charge < -0.3 is 9.84 Å². The van der Waals surface area contributed by atoms with Crippen molar-refractivity contribution < 1.29 is 9.84 Å². The van der Waals surface area contributed by atoms with Gasteiger partial charge in [0.25, 0.3) is 0 Å². The van der Waals surface area contributed by atoms with Crippen LogP contribution in [0, 0.1) is 0 Å². The lowest BCUT2D eigenvalue weighted by Crippen LogP contribution is -2.29. The van der Waals surface area contributed by atoms with Crippen molar-refractivity contribution in [1.82, 2.24) is 0 Å². The summed E-state index contributed by atoms with van der Waals surface area (Å²) in [5.41, 5.74) is 0.897. The van der Waals surface area contributed by atoms with Crippen LogP contribution in [-0.4, -0.2) is 23.9 Å². The first kappa shape index (κ1) is 6.78. The number of hydrogen-bond acceptors (Lipinski definition) is 2. The second-order valence-electron chi connectivity index (χ2n) is 2.52. The van der Waals surface area contributed by atoms with Crippen LogP contribution in [0.15, 0.2) is 12.2 Å². The highest BCUT2D eigenvalue weighted by Crippen LogP contribution is 2.16. The summed E-state index contributed by atoms with van der Waals surface area (Å²) in [6.45, 7) is 6.12. The molecule has 2 heteroatoms. The molecule has 1 rings (SSSR count). The quantitative estimate of drug-likeness (QED) is 0.487. The summed E-state index contributed by atoms with van der Waals surface area (Å²) in [6, 6.07) is 0. The Morgan fingerprint density at radius 1 is 1.78 bits per heavy atom. The molecule has 2 atom stereocenters. The third-order valence-corrected chi connectivity index (χ3v) is 1.56. The molecule has 2 unspecified atom stereocenters. The van der Waals surface area contributed by atoms with E-state index in [0.29, 0.717) is 6.61 Å². The Balaban J connectivity index is 2.44. The molecule has 0 spiro atoms. The van der Waals surface area contributed by atoms with Crippen molar-refractivity contribution in [2.24, 2.45) is 0 Å². The summed E-state index contributed by atoms with van der Waals surface area (Å²) in [4.78, 5) is 0. The highest BCUT2D eigenvalue weighted by atomic mass is 16.5. The van der Waals surface area contributed by atoms with Gasteiger partial charge in [0.2, 0.25) is 0 Å². The van der Waals surface area contributed by atoms with E-state index in [0.717, 1.165) is 12.0 Å². The fourth-order valence-electron chi connectivity index (χ4n) is 0.937. The van der Waals surface area contributed by atoms with E-state index in [4.69, 9.17) is 9.84 Å². The average molecular weight is 128 g/mol. The number of hydrogen-bond donors (Lipinski definition) is 1. The molecule has 0 radical (unpaired) electrons. The second-order valence-corrected chi connectivity index (χ2v) is 2.52. The number of aliphatic hydroxyl groups is 1. The van der Waals surface area contributed by atoms with Crippen molar-refractivity contribution in [3.63, 3.8) is 0 Å². The fraction of sp³-hybridized carbons (Fsp3) is 0.714. The lowest BCUT2D eigenvalue weighted by atomic mass is 10.0. The molecular weight excluding hydrogens is 116 g/mol. The molecule has 0 amide bonds. The van der Waals surface area contributed by atoms with Gasteiger partial charge in [0, 0.05) is 0 Å². The van der Waals surface area contributed by atoms with Crippen LogP contribution >= 0.6 is 0 Å². The van der Waals surface area contributed by atoms with Crippen molar-refractivity contribution in [2.45, 2.75) is 25.6 Å². The Labute approximate surface area is 55.1 Å². The molecule has 0 aromatic heterocycles. The van der Waals surface area contributed by atoms with Crippen LogP contribution in [0.5, 0.6) is 0 Å². The van der Waals surface area contributed by atoms with E-state index >= 15 is 0 Å². The first-order valence-electron chi connectivity index (χ1n) is 3.17. The summed E-state index contributed by atoms with van der Waals surface area (Å²) in [7, 11) is 0. The monoisotopic (exact) mass is 128 g/mol. The molecule has 0 aliphatic carbocycles. The Morgan fingerprint density at radius 3 is 2.89 bits per heavy atom. The summed E-state index contributed by atoms with van der Waals surface area (Å²) in [5, 5.41) is 9.07.